The van der Waals surface area contributed by atoms with Gasteiger partial charge in [-0.3, -0.25) is 4.79 Å². The summed E-state index contributed by atoms with van der Waals surface area (Å²) in [5, 5.41) is 12.7. The van der Waals surface area contributed by atoms with E-state index in [-0.39, 0.29) is 48.9 Å². The Bertz CT molecular complexity index is 1060. The minimum atomic E-state index is -0.323. The highest BCUT2D eigenvalue weighted by Gasteiger charge is 2.54. The largest absolute Gasteiger partial charge is 0.394 e. The quantitative estimate of drug-likeness (QED) is 0.724. The van der Waals surface area contributed by atoms with E-state index in [4.69, 9.17) is 0 Å². The summed E-state index contributed by atoms with van der Waals surface area (Å²) >= 11 is 0. The van der Waals surface area contributed by atoms with Gasteiger partial charge in [-0.25, -0.2) is 9.18 Å². The Morgan fingerprint density at radius 2 is 1.94 bits per heavy atom. The molecular formula is C25H26FN3O3. The van der Waals surface area contributed by atoms with Crippen LogP contribution < -0.4 is 5.32 Å². The van der Waals surface area contributed by atoms with E-state index in [9.17, 15) is 19.1 Å². The number of carbonyl (C=O) groups is 2. The molecule has 0 aliphatic carbocycles. The Morgan fingerprint density at radius 3 is 2.62 bits per heavy atom. The molecule has 0 aromatic heterocycles. The SMILES string of the molecule is CCCNC(=O)N1CC(=O)N2[C@H](CO)[C@H](c3ccc(C#Cc4cccc(F)c4)cc3)[C@H]2C1. The second kappa shape index (κ2) is 9.41. The smallest absolute Gasteiger partial charge is 0.317 e. The van der Waals surface area contributed by atoms with Crippen LogP contribution in [0.15, 0.2) is 48.5 Å². The second-order valence-corrected chi connectivity index (χ2v) is 8.14. The van der Waals surface area contributed by atoms with Crippen LogP contribution in [0.1, 0.15) is 36.0 Å². The van der Waals surface area contributed by atoms with Crippen LogP contribution in [0.3, 0.4) is 0 Å². The zero-order valence-electron chi connectivity index (χ0n) is 17.9. The topological polar surface area (TPSA) is 72.9 Å². The molecule has 3 atom stereocenters. The molecule has 2 heterocycles. The Hall–Kier alpha value is -3.37. The van der Waals surface area contributed by atoms with E-state index in [2.05, 4.69) is 17.2 Å². The lowest BCUT2D eigenvalue weighted by Gasteiger charge is -2.58. The van der Waals surface area contributed by atoms with Crippen molar-refractivity contribution in [1.82, 2.24) is 15.1 Å². The van der Waals surface area contributed by atoms with E-state index in [0.717, 1.165) is 17.5 Å². The van der Waals surface area contributed by atoms with Crippen LogP contribution in [0.2, 0.25) is 0 Å². The van der Waals surface area contributed by atoms with Gasteiger partial charge in [0.05, 0.1) is 18.7 Å². The number of aliphatic hydroxyl groups excluding tert-OH is 1. The van der Waals surface area contributed by atoms with Gasteiger partial charge >= 0.3 is 6.03 Å². The summed E-state index contributed by atoms with van der Waals surface area (Å²) in [6.45, 7) is 2.88. The summed E-state index contributed by atoms with van der Waals surface area (Å²) in [5.41, 5.74) is 2.38. The fraction of sp³-hybridized carbons (Fsp3) is 0.360. The fourth-order valence-corrected chi connectivity index (χ4v) is 4.50. The molecule has 0 radical (unpaired) electrons. The van der Waals surface area contributed by atoms with Gasteiger partial charge < -0.3 is 20.2 Å². The van der Waals surface area contributed by atoms with Crippen molar-refractivity contribution < 1.29 is 19.1 Å². The van der Waals surface area contributed by atoms with E-state index < -0.39 is 0 Å². The number of benzene rings is 2. The molecule has 4 rings (SSSR count). The number of nitrogens with one attached hydrogen (secondary N) is 1. The highest BCUT2D eigenvalue weighted by Crippen LogP contribution is 2.42. The second-order valence-electron chi connectivity index (χ2n) is 8.14. The molecule has 2 fully saturated rings. The lowest BCUT2D eigenvalue weighted by atomic mass is 9.73. The van der Waals surface area contributed by atoms with Gasteiger partial charge in [-0.05, 0) is 42.3 Å². The van der Waals surface area contributed by atoms with E-state index in [1.807, 2.05) is 31.2 Å². The Kier molecular flexibility index (Phi) is 6.42. The maximum absolute atomic E-state index is 13.3. The van der Waals surface area contributed by atoms with Crippen molar-refractivity contribution in [3.63, 3.8) is 0 Å². The zero-order valence-corrected chi connectivity index (χ0v) is 17.9. The molecule has 2 saturated heterocycles. The lowest BCUT2D eigenvalue weighted by molar-refractivity contribution is -0.159. The van der Waals surface area contributed by atoms with Gasteiger partial charge in [0.2, 0.25) is 5.91 Å². The first-order valence-corrected chi connectivity index (χ1v) is 10.8. The van der Waals surface area contributed by atoms with Crippen molar-refractivity contribution in [1.29, 1.82) is 0 Å². The summed E-state index contributed by atoms with van der Waals surface area (Å²) < 4.78 is 13.3. The molecule has 7 heteroatoms. The molecule has 3 amide bonds. The van der Waals surface area contributed by atoms with E-state index >= 15 is 0 Å². The molecule has 0 spiro atoms. The van der Waals surface area contributed by atoms with Crippen molar-refractivity contribution in [3.05, 3.63) is 71.0 Å². The number of urea groups is 1. The first-order valence-electron chi connectivity index (χ1n) is 10.8. The Morgan fingerprint density at radius 1 is 1.19 bits per heavy atom. The lowest BCUT2D eigenvalue weighted by Crippen LogP contribution is -2.73. The average Bonchev–Trinajstić information content (AvgIpc) is 2.78. The summed E-state index contributed by atoms with van der Waals surface area (Å²) in [5.74, 6) is 5.46. The standard InChI is InChI=1S/C25H26FN3O3/c1-2-12-27-25(32)28-14-21-24(22(16-30)29(21)23(31)15-28)19-10-8-17(9-11-19)6-7-18-4-3-5-20(26)13-18/h3-5,8-11,13,21-22,24,30H,2,12,14-16H2,1H3,(H,27,32)/t21-,22-,24-/m1/s1. The number of carbonyl (C=O) groups excluding carboxylic acids is 2. The number of aliphatic hydroxyl groups is 1. The summed E-state index contributed by atoms with van der Waals surface area (Å²) in [7, 11) is 0. The maximum atomic E-state index is 13.3. The maximum Gasteiger partial charge on any atom is 0.317 e. The van der Waals surface area contributed by atoms with Gasteiger partial charge in [0.25, 0.3) is 0 Å². The fourth-order valence-electron chi connectivity index (χ4n) is 4.50. The summed E-state index contributed by atoms with van der Waals surface area (Å²) in [6, 6.07) is 13.1. The van der Waals surface area contributed by atoms with Gasteiger partial charge in [0.15, 0.2) is 0 Å². The van der Waals surface area contributed by atoms with Crippen molar-refractivity contribution in [2.45, 2.75) is 31.3 Å². The minimum Gasteiger partial charge on any atom is -0.394 e. The molecule has 0 bridgehead atoms. The molecule has 2 aliphatic rings. The number of fused-ring (bicyclic) bond motifs is 1. The van der Waals surface area contributed by atoms with Crippen molar-refractivity contribution in [2.75, 3.05) is 26.2 Å². The van der Waals surface area contributed by atoms with Crippen molar-refractivity contribution in [3.8, 4) is 11.8 Å². The first-order chi connectivity index (χ1) is 15.5. The Balaban J connectivity index is 1.50. The van der Waals surface area contributed by atoms with Crippen LogP contribution in [0.25, 0.3) is 0 Å². The van der Waals surface area contributed by atoms with Crippen LogP contribution >= 0.6 is 0 Å². The number of hydrogen-bond donors (Lipinski definition) is 2. The predicted molar refractivity (Wildman–Crippen MR) is 118 cm³/mol. The summed E-state index contributed by atoms with van der Waals surface area (Å²) in [6.07, 6.45) is 0.826. The number of nitrogens with zero attached hydrogens (tertiary/aromatic N) is 2. The zero-order chi connectivity index (χ0) is 22.7. The number of amides is 3. The van der Waals surface area contributed by atoms with Crippen LogP contribution in [0.5, 0.6) is 0 Å². The number of rotatable bonds is 4. The van der Waals surface area contributed by atoms with Gasteiger partial charge in [-0.1, -0.05) is 37.0 Å². The molecule has 2 N–H and O–H groups in total. The third-order valence-corrected chi connectivity index (χ3v) is 6.04. The van der Waals surface area contributed by atoms with E-state index in [1.54, 1.807) is 21.9 Å². The molecule has 2 aromatic carbocycles. The van der Waals surface area contributed by atoms with Gasteiger partial charge in [0.1, 0.15) is 12.4 Å². The molecule has 166 valence electrons. The molecule has 2 aliphatic heterocycles. The molecule has 32 heavy (non-hydrogen) atoms. The van der Waals surface area contributed by atoms with Crippen LogP contribution in [-0.4, -0.2) is 65.2 Å². The van der Waals surface area contributed by atoms with E-state index in [0.29, 0.717) is 18.7 Å². The number of hydrogen-bond acceptors (Lipinski definition) is 3. The molecular weight excluding hydrogens is 409 g/mol. The van der Waals surface area contributed by atoms with Crippen LogP contribution in [0.4, 0.5) is 9.18 Å². The molecule has 0 saturated carbocycles. The third-order valence-electron chi connectivity index (χ3n) is 6.04. The van der Waals surface area contributed by atoms with E-state index in [1.165, 1.54) is 12.1 Å². The van der Waals surface area contributed by atoms with Crippen LogP contribution in [0, 0.1) is 17.7 Å². The van der Waals surface area contributed by atoms with Gasteiger partial charge in [-0.15, -0.1) is 0 Å². The first kappa shape index (κ1) is 21.8. The molecule has 2 aromatic rings. The average molecular weight is 435 g/mol. The van der Waals surface area contributed by atoms with Crippen LogP contribution in [-0.2, 0) is 4.79 Å². The monoisotopic (exact) mass is 435 g/mol. The van der Waals surface area contributed by atoms with Crippen molar-refractivity contribution in [2.24, 2.45) is 0 Å². The highest BCUT2D eigenvalue weighted by atomic mass is 19.1. The third kappa shape index (κ3) is 4.32. The Labute approximate surface area is 187 Å². The molecule has 6 nitrogen and oxygen atoms in total. The predicted octanol–water partition coefficient (Wildman–Crippen LogP) is 2.32. The number of halogens is 1. The molecule has 0 unspecified atom stereocenters. The van der Waals surface area contributed by atoms with Gasteiger partial charge in [-0.2, -0.15) is 0 Å². The summed E-state index contributed by atoms with van der Waals surface area (Å²) in [4.78, 5) is 28.3. The van der Waals surface area contributed by atoms with Gasteiger partial charge in [0, 0.05) is 30.1 Å². The number of piperazine rings is 1. The highest BCUT2D eigenvalue weighted by molar-refractivity contribution is 5.87. The normalized spacial score (nSPS) is 21.8. The minimum absolute atomic E-state index is 0.0316. The van der Waals surface area contributed by atoms with Crippen molar-refractivity contribution >= 4 is 11.9 Å².